The van der Waals surface area contributed by atoms with E-state index in [4.69, 9.17) is 17.3 Å². The van der Waals surface area contributed by atoms with Crippen molar-refractivity contribution in [2.24, 2.45) is 5.73 Å². The first-order valence-corrected chi connectivity index (χ1v) is 10.6. The highest BCUT2D eigenvalue weighted by Gasteiger charge is 2.36. The van der Waals surface area contributed by atoms with Gasteiger partial charge in [0.15, 0.2) is 0 Å². The summed E-state index contributed by atoms with van der Waals surface area (Å²) in [5, 5.41) is 0.477. The fourth-order valence-corrected chi connectivity index (χ4v) is 3.85. The highest BCUT2D eigenvalue weighted by molar-refractivity contribution is 6.30. The Balaban J connectivity index is 2.28. The van der Waals surface area contributed by atoms with Crippen LogP contribution in [0, 0.1) is 0 Å². The Morgan fingerprint density at radius 3 is 2.25 bits per heavy atom. The molecule has 0 saturated heterocycles. The first-order chi connectivity index (χ1) is 15.1. The Bertz CT molecular complexity index is 1180. The van der Waals surface area contributed by atoms with Crippen molar-refractivity contribution in [1.29, 1.82) is 0 Å². The average Bonchev–Trinajstić information content (AvgIpc) is 3.00. The summed E-state index contributed by atoms with van der Waals surface area (Å²) in [6.45, 7) is 5.94. The number of imidazole rings is 1. The second kappa shape index (κ2) is 9.38. The van der Waals surface area contributed by atoms with Crippen molar-refractivity contribution in [1.82, 2.24) is 14.0 Å². The number of aromatic nitrogens is 2. The lowest BCUT2D eigenvalue weighted by Gasteiger charge is -2.18. The predicted molar refractivity (Wildman–Crippen MR) is 118 cm³/mol. The molecular formula is C22H24ClF3N4O2. The van der Waals surface area contributed by atoms with Crippen LogP contribution in [0.15, 0.2) is 41.2 Å². The lowest BCUT2D eigenvalue weighted by Crippen LogP contribution is -2.32. The van der Waals surface area contributed by atoms with Crippen molar-refractivity contribution in [3.8, 4) is 0 Å². The van der Waals surface area contributed by atoms with Crippen molar-refractivity contribution in [2.45, 2.75) is 33.1 Å². The molecule has 1 aromatic heterocycles. The van der Waals surface area contributed by atoms with E-state index < -0.39 is 23.3 Å². The van der Waals surface area contributed by atoms with E-state index in [1.807, 2.05) is 13.8 Å². The lowest BCUT2D eigenvalue weighted by molar-refractivity contribution is -0.136. The second-order valence-corrected chi connectivity index (χ2v) is 7.86. The molecule has 0 radical (unpaired) electrons. The topological polar surface area (TPSA) is 73.3 Å². The van der Waals surface area contributed by atoms with Gasteiger partial charge in [-0.15, -0.1) is 0 Å². The summed E-state index contributed by atoms with van der Waals surface area (Å²) in [5.74, 6) is -0.995. The number of fused-ring (bicyclic) bond motifs is 1. The Kier molecular flexibility index (Phi) is 7.00. The van der Waals surface area contributed by atoms with Crippen LogP contribution in [-0.2, 0) is 19.3 Å². The van der Waals surface area contributed by atoms with Crippen LogP contribution < -0.4 is 11.4 Å². The minimum absolute atomic E-state index is 0.0275. The molecule has 32 heavy (non-hydrogen) atoms. The number of likely N-dealkylation sites (N-methyl/N-ethyl adjacent to an activating group) is 1. The van der Waals surface area contributed by atoms with E-state index in [1.54, 1.807) is 24.3 Å². The quantitative estimate of drug-likeness (QED) is 0.543. The van der Waals surface area contributed by atoms with Gasteiger partial charge in [-0.2, -0.15) is 13.2 Å². The smallest absolute Gasteiger partial charge is 0.366 e. The number of hydrogen-bond donors (Lipinski definition) is 1. The highest BCUT2D eigenvalue weighted by Crippen LogP contribution is 2.36. The summed E-state index contributed by atoms with van der Waals surface area (Å²) in [4.78, 5) is 27.1. The first-order valence-electron chi connectivity index (χ1n) is 10.2. The zero-order chi connectivity index (χ0) is 23.6. The number of primary amides is 1. The molecule has 6 nitrogen and oxygen atoms in total. The van der Waals surface area contributed by atoms with E-state index >= 15 is 0 Å². The largest absolute Gasteiger partial charge is 0.418 e. The highest BCUT2D eigenvalue weighted by atomic mass is 35.5. The summed E-state index contributed by atoms with van der Waals surface area (Å²) >= 11 is 5.91. The van der Waals surface area contributed by atoms with E-state index in [0.717, 1.165) is 17.7 Å². The molecular weight excluding hydrogens is 445 g/mol. The average molecular weight is 469 g/mol. The number of carbonyl (C=O) groups is 1. The summed E-state index contributed by atoms with van der Waals surface area (Å²) in [7, 11) is 0. The molecule has 0 unspecified atom stereocenters. The van der Waals surface area contributed by atoms with Gasteiger partial charge in [0.2, 0.25) is 5.91 Å². The van der Waals surface area contributed by atoms with Gasteiger partial charge < -0.3 is 10.6 Å². The van der Waals surface area contributed by atoms with Crippen LogP contribution in [0.4, 0.5) is 13.2 Å². The minimum Gasteiger partial charge on any atom is -0.366 e. The molecule has 172 valence electrons. The maximum atomic E-state index is 14.0. The SMILES string of the molecule is CCN(CC)CCn1c(=O)n(Cc2ccc(Cl)cc2)c2c(C(F)(F)F)cc(C(N)=O)cc21. The van der Waals surface area contributed by atoms with Gasteiger partial charge in [0, 0.05) is 23.7 Å². The molecule has 2 aromatic carbocycles. The van der Waals surface area contributed by atoms with Crippen LogP contribution in [0.5, 0.6) is 0 Å². The van der Waals surface area contributed by atoms with Gasteiger partial charge in [-0.25, -0.2) is 4.79 Å². The second-order valence-electron chi connectivity index (χ2n) is 7.43. The van der Waals surface area contributed by atoms with Gasteiger partial charge in [0.05, 0.1) is 23.1 Å². The zero-order valence-electron chi connectivity index (χ0n) is 17.7. The number of nitrogens with two attached hydrogens (primary N) is 1. The van der Waals surface area contributed by atoms with Gasteiger partial charge in [-0.3, -0.25) is 13.9 Å². The van der Waals surface area contributed by atoms with Crippen LogP contribution in [0.3, 0.4) is 0 Å². The third kappa shape index (κ3) is 4.83. The number of carbonyl (C=O) groups excluding carboxylic acids is 1. The predicted octanol–water partition coefficient (Wildman–Crippen LogP) is 3.96. The van der Waals surface area contributed by atoms with Crippen LogP contribution in [0.2, 0.25) is 5.02 Å². The van der Waals surface area contributed by atoms with Crippen LogP contribution in [0.25, 0.3) is 11.0 Å². The van der Waals surface area contributed by atoms with E-state index in [-0.39, 0.29) is 29.7 Å². The molecule has 1 amide bonds. The molecule has 0 bridgehead atoms. The number of halogens is 4. The van der Waals surface area contributed by atoms with Gasteiger partial charge in [-0.05, 0) is 42.9 Å². The molecule has 0 fully saturated rings. The lowest BCUT2D eigenvalue weighted by atomic mass is 10.1. The summed E-state index contributed by atoms with van der Waals surface area (Å²) < 4.78 is 44.4. The van der Waals surface area contributed by atoms with Crippen LogP contribution in [0.1, 0.15) is 35.3 Å². The van der Waals surface area contributed by atoms with Gasteiger partial charge in [-0.1, -0.05) is 37.6 Å². The molecule has 0 spiro atoms. The number of amides is 1. The molecule has 1 heterocycles. The van der Waals surface area contributed by atoms with Crippen molar-refractivity contribution in [3.05, 3.63) is 68.6 Å². The third-order valence-corrected chi connectivity index (χ3v) is 5.74. The maximum Gasteiger partial charge on any atom is 0.418 e. The molecule has 3 aromatic rings. The Labute approximate surface area is 188 Å². The van der Waals surface area contributed by atoms with Crippen molar-refractivity contribution in [2.75, 3.05) is 19.6 Å². The van der Waals surface area contributed by atoms with E-state index in [9.17, 15) is 22.8 Å². The van der Waals surface area contributed by atoms with Crippen molar-refractivity contribution in [3.63, 3.8) is 0 Å². The fraction of sp³-hybridized carbons (Fsp3) is 0.364. The maximum absolute atomic E-state index is 14.0. The number of nitrogens with zero attached hydrogens (tertiary/aromatic N) is 3. The summed E-state index contributed by atoms with van der Waals surface area (Å²) in [6.07, 6.45) is -4.79. The Hall–Kier alpha value is -2.78. The fourth-order valence-electron chi connectivity index (χ4n) is 3.73. The summed E-state index contributed by atoms with van der Waals surface area (Å²) in [6, 6.07) is 8.48. The van der Waals surface area contributed by atoms with Crippen molar-refractivity contribution < 1.29 is 18.0 Å². The van der Waals surface area contributed by atoms with Crippen LogP contribution in [-0.4, -0.2) is 39.6 Å². The molecule has 0 aliphatic carbocycles. The van der Waals surface area contributed by atoms with Gasteiger partial charge in [0.1, 0.15) is 0 Å². The normalized spacial score (nSPS) is 12.1. The molecule has 10 heteroatoms. The molecule has 0 saturated carbocycles. The zero-order valence-corrected chi connectivity index (χ0v) is 18.5. The molecule has 3 rings (SSSR count). The van der Waals surface area contributed by atoms with Crippen molar-refractivity contribution >= 4 is 28.5 Å². The van der Waals surface area contributed by atoms with Crippen LogP contribution >= 0.6 is 11.6 Å². The summed E-state index contributed by atoms with van der Waals surface area (Å²) in [5.41, 5.74) is 3.70. The standard InChI is InChI=1S/C22H24ClF3N4O2/c1-3-28(4-2)9-10-29-18-12-15(20(27)31)11-17(22(24,25)26)19(18)30(21(29)32)13-14-5-7-16(23)8-6-14/h5-8,11-12H,3-4,9-10,13H2,1-2H3,(H2,27,31). The molecule has 2 N–H and O–H groups in total. The minimum atomic E-state index is -4.79. The van der Waals surface area contributed by atoms with E-state index in [0.29, 0.717) is 23.2 Å². The van der Waals surface area contributed by atoms with E-state index in [1.165, 1.54) is 10.6 Å². The number of hydrogen-bond acceptors (Lipinski definition) is 3. The third-order valence-electron chi connectivity index (χ3n) is 5.49. The van der Waals surface area contributed by atoms with Gasteiger partial charge >= 0.3 is 11.9 Å². The number of alkyl halides is 3. The number of rotatable bonds is 8. The number of benzene rings is 2. The molecule has 0 atom stereocenters. The monoisotopic (exact) mass is 468 g/mol. The van der Waals surface area contributed by atoms with Gasteiger partial charge in [0.25, 0.3) is 0 Å². The Morgan fingerprint density at radius 1 is 1.09 bits per heavy atom. The first kappa shape index (κ1) is 23.9. The van der Waals surface area contributed by atoms with E-state index in [2.05, 4.69) is 4.90 Å². The molecule has 0 aliphatic heterocycles. The molecule has 0 aliphatic rings. The Morgan fingerprint density at radius 2 is 1.72 bits per heavy atom.